The van der Waals surface area contributed by atoms with Crippen LogP contribution in [0.2, 0.25) is 0 Å². The van der Waals surface area contributed by atoms with E-state index in [0.29, 0.717) is 41.4 Å². The Morgan fingerprint density at radius 3 is 0.989 bits per heavy atom. The quantitative estimate of drug-likeness (QED) is 0.159. The number of rotatable bonds is 7. The van der Waals surface area contributed by atoms with E-state index in [-0.39, 0.29) is 0 Å². The van der Waals surface area contributed by atoms with Gasteiger partial charge in [0.05, 0.1) is 0 Å². The molecule has 7 aromatic rings. The van der Waals surface area contributed by atoms with E-state index in [1.807, 2.05) is 31.0 Å². The molecule has 7 aliphatic carbocycles. The Hall–Kier alpha value is -5.81. The van der Waals surface area contributed by atoms with Crippen LogP contribution in [0.15, 0.2) is 98.0 Å². The molecule has 0 bridgehead atoms. The van der Waals surface area contributed by atoms with Crippen molar-refractivity contribution in [3.05, 3.63) is 215 Å². The molecule has 466 valence electrons. The fourth-order valence-corrected chi connectivity index (χ4v) is 15.0. The van der Waals surface area contributed by atoms with Gasteiger partial charge in [0.2, 0.25) is 0 Å². The molecule has 0 N–H and O–H groups in total. The predicted octanol–water partition coefficient (Wildman–Crippen LogP) is 21.2. The van der Waals surface area contributed by atoms with Crippen molar-refractivity contribution in [2.75, 3.05) is 0 Å². The molecular formula is C82H113N5. The highest BCUT2D eigenvalue weighted by Gasteiger charge is 2.22. The van der Waals surface area contributed by atoms with Gasteiger partial charge >= 0.3 is 0 Å². The lowest BCUT2D eigenvalue weighted by Gasteiger charge is -2.21. The number of nitrogens with zero attached hydrogens (tertiary/aromatic N) is 5. The van der Waals surface area contributed by atoms with Gasteiger partial charge < -0.3 is 0 Å². The van der Waals surface area contributed by atoms with E-state index >= 15 is 0 Å². The highest BCUT2D eigenvalue weighted by Crippen LogP contribution is 2.34. The number of benzene rings is 2. The van der Waals surface area contributed by atoms with Gasteiger partial charge in [-0.05, 0) is 314 Å². The Labute approximate surface area is 529 Å². The minimum Gasteiger partial charge on any atom is -0.264 e. The van der Waals surface area contributed by atoms with E-state index in [9.17, 15) is 0 Å². The van der Waals surface area contributed by atoms with E-state index < -0.39 is 0 Å². The molecule has 0 amide bonds. The number of aryl methyl sites for hydroxylation is 7. The molecule has 7 aliphatic rings. The highest BCUT2D eigenvalue weighted by molar-refractivity contribution is 5.42. The van der Waals surface area contributed by atoms with Crippen LogP contribution in [-0.4, -0.2) is 24.9 Å². The molecule has 5 heterocycles. The van der Waals surface area contributed by atoms with E-state index in [1.165, 1.54) is 216 Å². The van der Waals surface area contributed by atoms with Gasteiger partial charge in [0.15, 0.2) is 0 Å². The van der Waals surface area contributed by atoms with E-state index in [2.05, 4.69) is 189 Å². The van der Waals surface area contributed by atoms with Gasteiger partial charge in [0, 0.05) is 60.5 Å². The third-order valence-electron chi connectivity index (χ3n) is 19.6. The summed E-state index contributed by atoms with van der Waals surface area (Å²) in [5.74, 6) is 4.45. The molecule has 14 rings (SSSR count). The Bertz CT molecular complexity index is 2880. The Morgan fingerprint density at radius 1 is 0.241 bits per heavy atom. The molecule has 5 heteroatoms. The van der Waals surface area contributed by atoms with Crippen molar-refractivity contribution in [2.24, 2.45) is 0 Å². The summed E-state index contributed by atoms with van der Waals surface area (Å²) in [6.07, 6.45) is 45.2. The van der Waals surface area contributed by atoms with Gasteiger partial charge in [-0.25, -0.2) is 0 Å². The normalized spacial score (nSPS) is 15.6. The molecule has 0 atom stereocenters. The Balaban J connectivity index is 0.000000132. The zero-order chi connectivity index (χ0) is 62.0. The van der Waals surface area contributed by atoms with Gasteiger partial charge in [-0.1, -0.05) is 133 Å². The van der Waals surface area contributed by atoms with Crippen LogP contribution in [0.1, 0.15) is 320 Å². The van der Waals surface area contributed by atoms with Crippen LogP contribution < -0.4 is 0 Å². The summed E-state index contributed by atoms with van der Waals surface area (Å²) in [5, 5.41) is 0. The first-order chi connectivity index (χ1) is 42.0. The van der Waals surface area contributed by atoms with Crippen LogP contribution in [0.4, 0.5) is 0 Å². The Morgan fingerprint density at radius 2 is 0.552 bits per heavy atom. The maximum atomic E-state index is 4.49. The van der Waals surface area contributed by atoms with E-state index in [1.54, 1.807) is 55.6 Å². The summed E-state index contributed by atoms with van der Waals surface area (Å²) in [6, 6.07) is 20.2. The van der Waals surface area contributed by atoms with Gasteiger partial charge in [0.1, 0.15) is 0 Å². The minimum atomic E-state index is 0.577. The molecule has 0 aliphatic heterocycles. The van der Waals surface area contributed by atoms with Crippen molar-refractivity contribution in [3.8, 4) is 0 Å². The molecular weight excluding hydrogens is 1050 g/mol. The summed E-state index contributed by atoms with van der Waals surface area (Å²) in [4.78, 5) is 21.9. The van der Waals surface area contributed by atoms with Crippen molar-refractivity contribution >= 4 is 0 Å². The van der Waals surface area contributed by atoms with Crippen molar-refractivity contribution in [2.45, 2.75) is 292 Å². The molecule has 87 heavy (non-hydrogen) atoms. The molecule has 0 saturated heterocycles. The van der Waals surface area contributed by atoms with Crippen molar-refractivity contribution in [1.29, 1.82) is 0 Å². The van der Waals surface area contributed by atoms with Gasteiger partial charge in [0.25, 0.3) is 0 Å². The lowest BCUT2D eigenvalue weighted by molar-refractivity contribution is 0.660. The maximum Gasteiger partial charge on any atom is 0.0463 e. The first-order valence-corrected chi connectivity index (χ1v) is 35.0. The van der Waals surface area contributed by atoms with Crippen LogP contribution in [-0.2, 0) is 89.9 Å². The highest BCUT2D eigenvalue weighted by atomic mass is 14.7. The summed E-state index contributed by atoms with van der Waals surface area (Å²) < 4.78 is 0. The van der Waals surface area contributed by atoms with Crippen LogP contribution in [0.3, 0.4) is 0 Å². The fourth-order valence-electron chi connectivity index (χ4n) is 15.0. The fraction of sp³-hybridized carbons (Fsp3) is 0.549. The third-order valence-corrected chi connectivity index (χ3v) is 19.6. The van der Waals surface area contributed by atoms with Crippen LogP contribution in [0.5, 0.6) is 0 Å². The van der Waals surface area contributed by atoms with Crippen LogP contribution in [0.25, 0.3) is 0 Å². The van der Waals surface area contributed by atoms with Crippen molar-refractivity contribution < 1.29 is 0 Å². The zero-order valence-corrected chi connectivity index (χ0v) is 57.0. The van der Waals surface area contributed by atoms with Gasteiger partial charge in [-0.15, -0.1) is 0 Å². The number of pyridine rings is 5. The van der Waals surface area contributed by atoms with Crippen molar-refractivity contribution in [1.82, 2.24) is 24.9 Å². The summed E-state index contributed by atoms with van der Waals surface area (Å²) in [7, 11) is 0. The lowest BCUT2D eigenvalue weighted by atomic mass is 9.85. The minimum absolute atomic E-state index is 0.577. The van der Waals surface area contributed by atoms with E-state index in [4.69, 9.17) is 0 Å². The predicted molar refractivity (Wildman–Crippen MR) is 371 cm³/mol. The monoisotopic (exact) mass is 1170 g/mol. The summed E-state index contributed by atoms with van der Waals surface area (Å²) >= 11 is 0. The first kappa shape index (κ1) is 67.1. The van der Waals surface area contributed by atoms with Gasteiger partial charge in [-0.3, -0.25) is 24.9 Å². The molecule has 0 saturated carbocycles. The maximum absolute atomic E-state index is 4.49. The average molecular weight is 1170 g/mol. The van der Waals surface area contributed by atoms with Crippen LogP contribution in [0, 0.1) is 0 Å². The molecule has 5 aromatic heterocycles. The van der Waals surface area contributed by atoms with E-state index in [0.717, 1.165) is 0 Å². The lowest BCUT2D eigenvalue weighted by Crippen LogP contribution is -2.09. The topological polar surface area (TPSA) is 64.5 Å². The van der Waals surface area contributed by atoms with Gasteiger partial charge in [-0.2, -0.15) is 0 Å². The number of aromatic nitrogens is 5. The third kappa shape index (κ3) is 18.0. The smallest absolute Gasteiger partial charge is 0.0463 e. The molecule has 0 radical (unpaired) electrons. The summed E-state index contributed by atoms with van der Waals surface area (Å²) in [5.41, 5.74) is 32.0. The zero-order valence-electron chi connectivity index (χ0n) is 57.0. The Kier molecular flexibility index (Phi) is 25.6. The molecule has 5 nitrogen and oxygen atoms in total. The number of fused-ring (bicyclic) bond motifs is 7. The molecule has 0 spiro atoms. The number of hydrogen-bond acceptors (Lipinski definition) is 5. The summed E-state index contributed by atoms with van der Waals surface area (Å²) in [6.45, 7) is 31.6. The SMILES string of the molecule is CC(C)c1cccc2c1CCC2.CC(C)c1cccc2c1CCCC2.CC(C)c1ccnc2c1CCC2.CC(C)c1cncc2c1CCC2.CC(C)c1cncc2c1CCCC2.CC(C)c1nccc2c1CCC2.CC(C)c1nccc2c1CCCC2. The number of hydrogen-bond donors (Lipinski definition) is 0. The molecule has 2 aromatic carbocycles. The molecule has 0 fully saturated rings. The average Bonchev–Trinajstić information content (AvgIpc) is 4.33. The second-order valence-electron chi connectivity index (χ2n) is 28.3. The second-order valence-corrected chi connectivity index (χ2v) is 28.3. The van der Waals surface area contributed by atoms with Crippen molar-refractivity contribution in [3.63, 3.8) is 0 Å². The van der Waals surface area contributed by atoms with Crippen LogP contribution >= 0.6 is 0 Å². The second kappa shape index (κ2) is 33.1. The molecule has 0 unspecified atom stereocenters. The first-order valence-electron chi connectivity index (χ1n) is 35.0. The standard InChI is InChI=1S/C13H18.2C12H17N.C12H16.3C11H15N/c1-10(2)12-9-5-7-11-6-3-4-8-13(11)12;1-9(2)12-8-13-7-10-5-3-4-6-11(10)12;1-9(2)12-11-6-4-3-5-10(11)7-8-13-12;1-9(2)11-7-3-5-10-6-4-8-12(10)11;1-8(2)11-7-12-6-9-4-3-5-10(9)11;1-8(2)9-6-7-12-11-5-3-4-10(9)11;1-8(2)11-10-5-3-4-9(10)6-7-12-11/h5,7,9-10H,3-4,6,8H2,1-2H3;2*7-9H,3-6H2,1-2H3;3,5,7,9H,4,6,8H2,1-2H3;3*6-8H,3-5H2,1-2H3. The largest absolute Gasteiger partial charge is 0.264 e.